The Morgan fingerprint density at radius 3 is 2.17 bits per heavy atom. The molecule has 0 radical (unpaired) electrons. The number of benzene rings is 3. The summed E-state index contributed by atoms with van der Waals surface area (Å²) in [7, 11) is -3.57. The fourth-order valence-corrected chi connectivity index (χ4v) is 5.76. The Bertz CT molecular complexity index is 1400. The third kappa shape index (κ3) is 9.61. The molecule has 41 heavy (non-hydrogen) atoms. The van der Waals surface area contributed by atoms with Crippen molar-refractivity contribution in [1.29, 1.82) is 0 Å². The number of amides is 2. The van der Waals surface area contributed by atoms with E-state index in [-0.39, 0.29) is 37.4 Å². The zero-order chi connectivity index (χ0) is 30.0. The van der Waals surface area contributed by atoms with Crippen molar-refractivity contribution < 1.29 is 18.0 Å². The molecule has 9 heteroatoms. The number of carbonyl (C=O) groups excluding carboxylic acids is 2. The summed E-state index contributed by atoms with van der Waals surface area (Å²) < 4.78 is 26.7. The van der Waals surface area contributed by atoms with E-state index in [1.807, 2.05) is 75.4 Å². The largest absolute Gasteiger partial charge is 0.352 e. The van der Waals surface area contributed by atoms with E-state index in [9.17, 15) is 18.0 Å². The van der Waals surface area contributed by atoms with Gasteiger partial charge < -0.3 is 10.2 Å². The number of nitrogens with one attached hydrogen (secondary N) is 1. The van der Waals surface area contributed by atoms with Gasteiger partial charge in [-0.15, -0.1) is 0 Å². The van der Waals surface area contributed by atoms with Crippen LogP contribution in [0.5, 0.6) is 0 Å². The Hall–Kier alpha value is -3.36. The normalized spacial score (nSPS) is 12.8. The van der Waals surface area contributed by atoms with Gasteiger partial charge in [0.1, 0.15) is 6.04 Å². The van der Waals surface area contributed by atoms with Gasteiger partial charge in [-0.1, -0.05) is 79.2 Å². The molecule has 220 valence electrons. The summed E-state index contributed by atoms with van der Waals surface area (Å²) in [6.07, 6.45) is 2.65. The quantitative estimate of drug-likeness (QED) is 0.256. The highest BCUT2D eigenvalue weighted by Crippen LogP contribution is 2.23. The van der Waals surface area contributed by atoms with E-state index >= 15 is 0 Å². The number of rotatable bonds is 14. The van der Waals surface area contributed by atoms with Gasteiger partial charge in [-0.05, 0) is 61.6 Å². The van der Waals surface area contributed by atoms with Crippen LogP contribution in [0, 0.1) is 6.92 Å². The van der Waals surface area contributed by atoms with Crippen LogP contribution in [0.25, 0.3) is 0 Å². The molecule has 0 aliphatic rings. The molecule has 2 amide bonds. The number of para-hydroxylation sites is 1. The molecule has 0 unspecified atom stereocenters. The topological polar surface area (TPSA) is 86.8 Å². The zero-order valence-corrected chi connectivity index (χ0v) is 25.8. The van der Waals surface area contributed by atoms with E-state index in [1.165, 1.54) is 10.6 Å². The highest BCUT2D eigenvalue weighted by Gasteiger charge is 2.31. The SMILES string of the molecule is CC[C@H](C)NC(=O)[C@H](Cc1ccccc1)N(Cc1ccc(Cl)cc1)C(=O)CCCN(c1ccccc1C)S(C)(=O)=O. The fraction of sp³-hybridized carbons (Fsp3) is 0.375. The second kappa shape index (κ2) is 15.0. The summed E-state index contributed by atoms with van der Waals surface area (Å²) in [5.74, 6) is -0.443. The monoisotopic (exact) mass is 597 g/mol. The molecule has 0 spiro atoms. The van der Waals surface area contributed by atoms with Gasteiger partial charge in [-0.2, -0.15) is 0 Å². The summed E-state index contributed by atoms with van der Waals surface area (Å²) >= 11 is 6.10. The minimum absolute atomic E-state index is 0.0503. The van der Waals surface area contributed by atoms with Gasteiger partial charge in [0.2, 0.25) is 21.8 Å². The fourth-order valence-electron chi connectivity index (χ4n) is 4.61. The van der Waals surface area contributed by atoms with Gasteiger partial charge in [0, 0.05) is 37.0 Å². The summed E-state index contributed by atoms with van der Waals surface area (Å²) in [6.45, 7) is 6.15. The standard InChI is InChI=1S/C32H40ClN3O4S/c1-5-25(3)34-32(38)30(22-26-13-7-6-8-14-26)35(23-27-17-19-28(33)20-18-27)31(37)16-11-21-36(41(4,39)40)29-15-10-9-12-24(29)2/h6-10,12-15,17-20,25,30H,5,11,16,21-23H2,1-4H3,(H,34,38)/t25-,30-/m0/s1. The van der Waals surface area contributed by atoms with Crippen LogP contribution in [0.3, 0.4) is 0 Å². The van der Waals surface area contributed by atoms with Gasteiger partial charge in [-0.3, -0.25) is 13.9 Å². The number of hydrogen-bond donors (Lipinski definition) is 1. The summed E-state index contributed by atoms with van der Waals surface area (Å²) in [6, 6.07) is 23.3. The Balaban J connectivity index is 1.89. The first-order chi connectivity index (χ1) is 19.5. The van der Waals surface area contributed by atoms with Crippen molar-refractivity contribution in [3.63, 3.8) is 0 Å². The molecule has 0 aliphatic carbocycles. The van der Waals surface area contributed by atoms with E-state index in [4.69, 9.17) is 11.6 Å². The molecular weight excluding hydrogens is 558 g/mol. The molecule has 0 saturated carbocycles. The van der Waals surface area contributed by atoms with Gasteiger partial charge >= 0.3 is 0 Å². The second-order valence-corrected chi connectivity index (χ2v) is 12.7. The van der Waals surface area contributed by atoms with Crippen molar-refractivity contribution >= 4 is 39.1 Å². The number of nitrogens with zero attached hydrogens (tertiary/aromatic N) is 2. The molecule has 0 fully saturated rings. The Kier molecular flexibility index (Phi) is 11.8. The van der Waals surface area contributed by atoms with Crippen molar-refractivity contribution in [2.24, 2.45) is 0 Å². The number of carbonyl (C=O) groups is 2. The lowest BCUT2D eigenvalue weighted by molar-refractivity contribution is -0.141. The van der Waals surface area contributed by atoms with Crippen LogP contribution in [0.4, 0.5) is 5.69 Å². The highest BCUT2D eigenvalue weighted by molar-refractivity contribution is 7.92. The Morgan fingerprint density at radius 2 is 1.56 bits per heavy atom. The molecule has 0 saturated heterocycles. The first-order valence-electron chi connectivity index (χ1n) is 13.9. The average Bonchev–Trinajstić information content (AvgIpc) is 2.94. The molecule has 3 aromatic carbocycles. The van der Waals surface area contributed by atoms with Gasteiger partial charge in [0.05, 0.1) is 11.9 Å². The lowest BCUT2D eigenvalue weighted by Crippen LogP contribution is -2.52. The Morgan fingerprint density at radius 1 is 0.927 bits per heavy atom. The van der Waals surface area contributed by atoms with Crippen LogP contribution < -0.4 is 9.62 Å². The molecular formula is C32H40ClN3O4S. The molecule has 0 heterocycles. The first-order valence-corrected chi connectivity index (χ1v) is 16.1. The van der Waals surface area contributed by atoms with E-state index < -0.39 is 16.1 Å². The van der Waals surface area contributed by atoms with Crippen LogP contribution in [-0.4, -0.2) is 50.0 Å². The van der Waals surface area contributed by atoms with E-state index in [2.05, 4.69) is 5.32 Å². The molecule has 1 N–H and O–H groups in total. The summed E-state index contributed by atoms with van der Waals surface area (Å²) in [4.78, 5) is 29.1. The lowest BCUT2D eigenvalue weighted by atomic mass is 10.0. The average molecular weight is 598 g/mol. The summed E-state index contributed by atoms with van der Waals surface area (Å²) in [5, 5.41) is 3.64. The van der Waals surface area contributed by atoms with Crippen LogP contribution in [0.15, 0.2) is 78.9 Å². The summed E-state index contributed by atoms with van der Waals surface area (Å²) in [5.41, 5.74) is 3.21. The smallest absolute Gasteiger partial charge is 0.243 e. The maximum absolute atomic E-state index is 13.9. The number of aryl methyl sites for hydroxylation is 1. The lowest BCUT2D eigenvalue weighted by Gasteiger charge is -2.33. The number of halogens is 1. The molecule has 0 bridgehead atoms. The third-order valence-corrected chi connectivity index (χ3v) is 8.51. The van der Waals surface area contributed by atoms with Crippen molar-refractivity contribution in [3.8, 4) is 0 Å². The predicted molar refractivity (Wildman–Crippen MR) is 166 cm³/mol. The van der Waals surface area contributed by atoms with Crippen LogP contribution in [0.1, 0.15) is 49.8 Å². The first kappa shape index (κ1) is 32.2. The van der Waals surface area contributed by atoms with Gasteiger partial charge in [0.25, 0.3) is 0 Å². The van der Waals surface area contributed by atoms with Crippen molar-refractivity contribution in [2.75, 3.05) is 17.1 Å². The van der Waals surface area contributed by atoms with Crippen LogP contribution in [0.2, 0.25) is 5.02 Å². The van der Waals surface area contributed by atoms with Crippen molar-refractivity contribution in [3.05, 3.63) is 101 Å². The van der Waals surface area contributed by atoms with E-state index in [0.29, 0.717) is 23.6 Å². The number of anilines is 1. The van der Waals surface area contributed by atoms with Crippen LogP contribution in [-0.2, 0) is 32.6 Å². The molecule has 3 rings (SSSR count). The van der Waals surface area contributed by atoms with Crippen molar-refractivity contribution in [2.45, 2.75) is 65.1 Å². The molecule has 0 aliphatic heterocycles. The van der Waals surface area contributed by atoms with Crippen LogP contribution >= 0.6 is 11.6 Å². The van der Waals surface area contributed by atoms with E-state index in [1.54, 1.807) is 29.2 Å². The Labute approximate surface area is 249 Å². The minimum Gasteiger partial charge on any atom is -0.352 e. The number of sulfonamides is 1. The van der Waals surface area contributed by atoms with Gasteiger partial charge in [-0.25, -0.2) is 8.42 Å². The minimum atomic E-state index is -3.57. The third-order valence-electron chi connectivity index (χ3n) is 7.07. The maximum atomic E-state index is 13.9. The highest BCUT2D eigenvalue weighted by atomic mass is 35.5. The second-order valence-electron chi connectivity index (χ2n) is 10.4. The molecule has 2 atom stereocenters. The van der Waals surface area contributed by atoms with Gasteiger partial charge in [0.15, 0.2) is 0 Å². The molecule has 3 aromatic rings. The zero-order valence-electron chi connectivity index (χ0n) is 24.2. The molecule has 0 aromatic heterocycles. The van der Waals surface area contributed by atoms with Crippen molar-refractivity contribution in [1.82, 2.24) is 10.2 Å². The van der Waals surface area contributed by atoms with E-state index in [0.717, 1.165) is 23.1 Å². The maximum Gasteiger partial charge on any atom is 0.243 e. The molecule has 7 nitrogen and oxygen atoms in total. The predicted octanol–water partition coefficient (Wildman–Crippen LogP) is 5.75. The number of hydrogen-bond acceptors (Lipinski definition) is 4.